The lowest BCUT2D eigenvalue weighted by molar-refractivity contribution is -0.113. The number of benzene rings is 2. The summed E-state index contributed by atoms with van der Waals surface area (Å²) in [5, 5.41) is 5.31. The van der Waals surface area contributed by atoms with E-state index in [1.165, 1.54) is 12.3 Å². The normalized spacial score (nSPS) is 11.0. The van der Waals surface area contributed by atoms with Crippen LogP contribution >= 0.6 is 15.9 Å². The van der Waals surface area contributed by atoms with Crippen molar-refractivity contribution in [1.29, 1.82) is 0 Å². The molecule has 0 saturated heterocycles. The molecule has 0 atom stereocenters. The van der Waals surface area contributed by atoms with E-state index in [-0.39, 0.29) is 12.3 Å². The summed E-state index contributed by atoms with van der Waals surface area (Å²) in [4.78, 5) is 37.2. The van der Waals surface area contributed by atoms with E-state index in [1.807, 2.05) is 0 Å². The van der Waals surface area contributed by atoms with E-state index in [0.717, 1.165) is 4.47 Å². The molecule has 1 aromatic heterocycles. The van der Waals surface area contributed by atoms with E-state index in [0.29, 0.717) is 22.6 Å². The Morgan fingerprint density at radius 1 is 1.00 bits per heavy atom. The van der Waals surface area contributed by atoms with E-state index < -0.39 is 17.8 Å². The van der Waals surface area contributed by atoms with E-state index >= 15 is 0 Å². The zero-order chi connectivity index (χ0) is 22.2. The third kappa shape index (κ3) is 6.16. The smallest absolute Gasteiger partial charge is 0.338 e. The summed E-state index contributed by atoms with van der Waals surface area (Å²) in [6, 6.07) is 16.3. The fourth-order valence-corrected chi connectivity index (χ4v) is 2.84. The number of carbonyl (C=O) groups is 3. The summed E-state index contributed by atoms with van der Waals surface area (Å²) in [6.07, 6.45) is 2.89. The molecule has 0 spiro atoms. The Kier molecular flexibility index (Phi) is 7.40. The van der Waals surface area contributed by atoms with Crippen LogP contribution in [-0.2, 0) is 9.53 Å². The van der Waals surface area contributed by atoms with Gasteiger partial charge in [-0.05, 0) is 67.6 Å². The number of hydrogen-bond acceptors (Lipinski definition) is 5. The van der Waals surface area contributed by atoms with Crippen LogP contribution in [0.25, 0.3) is 6.08 Å². The number of ether oxygens (including phenoxy) is 1. The molecule has 0 aliphatic heterocycles. The molecule has 7 nitrogen and oxygen atoms in total. The number of esters is 1. The van der Waals surface area contributed by atoms with E-state index in [9.17, 15) is 14.4 Å². The highest BCUT2D eigenvalue weighted by atomic mass is 79.9. The zero-order valence-electron chi connectivity index (χ0n) is 16.6. The summed E-state index contributed by atoms with van der Waals surface area (Å²) in [5.74, 6) is -1.04. The summed E-state index contributed by atoms with van der Waals surface area (Å²) >= 11 is 3.32. The summed E-state index contributed by atoms with van der Waals surface area (Å²) in [5.41, 5.74) is 1.20. The highest BCUT2D eigenvalue weighted by molar-refractivity contribution is 9.10. The minimum atomic E-state index is -0.550. The number of carbonyl (C=O) groups excluding carboxylic acids is 3. The van der Waals surface area contributed by atoms with Crippen molar-refractivity contribution in [2.75, 3.05) is 11.9 Å². The van der Waals surface area contributed by atoms with Crippen molar-refractivity contribution in [1.82, 2.24) is 5.32 Å². The number of furan rings is 1. The highest BCUT2D eigenvalue weighted by Gasteiger charge is 2.16. The topological polar surface area (TPSA) is 97.6 Å². The van der Waals surface area contributed by atoms with Crippen LogP contribution in [-0.4, -0.2) is 24.4 Å². The molecule has 0 aliphatic carbocycles. The first-order valence-corrected chi connectivity index (χ1v) is 10.2. The molecule has 0 radical (unpaired) electrons. The largest absolute Gasteiger partial charge is 0.465 e. The van der Waals surface area contributed by atoms with Gasteiger partial charge in [0, 0.05) is 21.8 Å². The van der Waals surface area contributed by atoms with Gasteiger partial charge >= 0.3 is 5.97 Å². The third-order valence-electron chi connectivity index (χ3n) is 4.08. The minimum Gasteiger partial charge on any atom is -0.465 e. The first kappa shape index (κ1) is 22.0. The molecule has 8 heteroatoms. The minimum absolute atomic E-state index is 0.00246. The van der Waals surface area contributed by atoms with Crippen molar-refractivity contribution in [3.63, 3.8) is 0 Å². The van der Waals surface area contributed by atoms with Gasteiger partial charge in [0.25, 0.3) is 11.8 Å². The molecular weight excluding hydrogens is 464 g/mol. The third-order valence-corrected chi connectivity index (χ3v) is 4.61. The average Bonchev–Trinajstić information content (AvgIpc) is 3.27. The maximum Gasteiger partial charge on any atom is 0.338 e. The average molecular weight is 483 g/mol. The van der Waals surface area contributed by atoms with Crippen molar-refractivity contribution in [3.05, 3.63) is 94.0 Å². The number of nitrogens with one attached hydrogen (secondary N) is 2. The Bertz CT molecular complexity index is 1090. The van der Waals surface area contributed by atoms with Crippen molar-refractivity contribution >= 4 is 45.5 Å². The number of rotatable bonds is 7. The van der Waals surface area contributed by atoms with Gasteiger partial charge in [-0.2, -0.15) is 0 Å². The number of halogens is 1. The lowest BCUT2D eigenvalue weighted by Crippen LogP contribution is -2.30. The highest BCUT2D eigenvalue weighted by Crippen LogP contribution is 2.15. The van der Waals surface area contributed by atoms with Gasteiger partial charge in [-0.15, -0.1) is 0 Å². The maximum atomic E-state index is 12.8. The number of amides is 2. The van der Waals surface area contributed by atoms with Gasteiger partial charge in [-0.25, -0.2) is 4.79 Å². The van der Waals surface area contributed by atoms with Crippen LogP contribution in [0.5, 0.6) is 0 Å². The lowest BCUT2D eigenvalue weighted by atomic mass is 10.2. The maximum absolute atomic E-state index is 12.8. The van der Waals surface area contributed by atoms with Crippen LogP contribution in [0.15, 0.2) is 81.5 Å². The molecule has 2 N–H and O–H groups in total. The van der Waals surface area contributed by atoms with Crippen LogP contribution in [0, 0.1) is 0 Å². The van der Waals surface area contributed by atoms with Gasteiger partial charge in [0.2, 0.25) is 0 Å². The Morgan fingerprint density at radius 3 is 2.29 bits per heavy atom. The molecule has 2 amide bonds. The van der Waals surface area contributed by atoms with Gasteiger partial charge in [-0.3, -0.25) is 9.59 Å². The SMILES string of the molecule is CCOC(=O)c1ccc(NC(=O)/C(=C/c2ccco2)NC(=O)c2ccc(Br)cc2)cc1. The lowest BCUT2D eigenvalue weighted by Gasteiger charge is -2.11. The molecule has 0 aliphatic rings. The van der Waals surface area contributed by atoms with Crippen molar-refractivity contribution in [2.45, 2.75) is 6.92 Å². The quantitative estimate of drug-likeness (QED) is 0.377. The Balaban J connectivity index is 1.77. The standard InChI is InChI=1S/C23H19BrN2O5/c1-2-30-23(29)16-7-11-18(12-8-16)25-22(28)20(14-19-4-3-13-31-19)26-21(27)15-5-9-17(24)10-6-15/h3-14H,2H2,1H3,(H,25,28)(H,26,27)/b20-14-. The molecular formula is C23H19BrN2O5. The number of anilines is 1. The molecule has 3 rings (SSSR count). The second kappa shape index (κ2) is 10.4. The van der Waals surface area contributed by atoms with Crippen LogP contribution in [0.1, 0.15) is 33.4 Å². The van der Waals surface area contributed by atoms with Crippen molar-refractivity contribution in [3.8, 4) is 0 Å². The molecule has 0 bridgehead atoms. The zero-order valence-corrected chi connectivity index (χ0v) is 18.1. The fraction of sp³-hybridized carbons (Fsp3) is 0.0870. The monoisotopic (exact) mass is 482 g/mol. The van der Waals surface area contributed by atoms with Crippen LogP contribution in [0.4, 0.5) is 5.69 Å². The fourth-order valence-electron chi connectivity index (χ4n) is 2.57. The second-order valence-electron chi connectivity index (χ2n) is 6.29. The molecule has 3 aromatic rings. The van der Waals surface area contributed by atoms with E-state index in [1.54, 1.807) is 67.6 Å². The van der Waals surface area contributed by atoms with Gasteiger partial charge in [-0.1, -0.05) is 15.9 Å². The van der Waals surface area contributed by atoms with E-state index in [4.69, 9.17) is 9.15 Å². The van der Waals surface area contributed by atoms with Crippen LogP contribution in [0.3, 0.4) is 0 Å². The van der Waals surface area contributed by atoms with Gasteiger partial charge < -0.3 is 19.8 Å². The Labute approximate surface area is 187 Å². The Hall–Kier alpha value is -3.65. The molecule has 0 unspecified atom stereocenters. The van der Waals surface area contributed by atoms with Crippen molar-refractivity contribution in [2.24, 2.45) is 0 Å². The summed E-state index contributed by atoms with van der Waals surface area (Å²) in [7, 11) is 0. The van der Waals surface area contributed by atoms with E-state index in [2.05, 4.69) is 26.6 Å². The van der Waals surface area contributed by atoms with Crippen molar-refractivity contribution < 1.29 is 23.5 Å². The van der Waals surface area contributed by atoms with Crippen LogP contribution in [0.2, 0.25) is 0 Å². The molecule has 0 fully saturated rings. The molecule has 1 heterocycles. The Morgan fingerprint density at radius 2 is 1.68 bits per heavy atom. The van der Waals surface area contributed by atoms with Gasteiger partial charge in [0.05, 0.1) is 18.4 Å². The first-order valence-electron chi connectivity index (χ1n) is 9.37. The summed E-state index contributed by atoms with van der Waals surface area (Å²) < 4.78 is 11.0. The molecule has 31 heavy (non-hydrogen) atoms. The molecule has 2 aromatic carbocycles. The van der Waals surface area contributed by atoms with Crippen LogP contribution < -0.4 is 10.6 Å². The number of hydrogen-bond donors (Lipinski definition) is 2. The summed E-state index contributed by atoms with van der Waals surface area (Å²) in [6.45, 7) is 2.00. The second-order valence-corrected chi connectivity index (χ2v) is 7.20. The molecule has 0 saturated carbocycles. The first-order chi connectivity index (χ1) is 15.0. The van der Waals surface area contributed by atoms with Gasteiger partial charge in [0.1, 0.15) is 11.5 Å². The predicted octanol–water partition coefficient (Wildman–Crippen LogP) is 4.63. The van der Waals surface area contributed by atoms with Gasteiger partial charge in [0.15, 0.2) is 0 Å². The predicted molar refractivity (Wildman–Crippen MR) is 119 cm³/mol. The molecule has 158 valence electrons.